The average molecular weight is 364 g/mol. The van der Waals surface area contributed by atoms with Crippen LogP contribution in [-0.4, -0.2) is 40.5 Å². The molecule has 27 heavy (non-hydrogen) atoms. The molecule has 0 aliphatic rings. The Morgan fingerprint density at radius 1 is 1.19 bits per heavy atom. The van der Waals surface area contributed by atoms with E-state index in [2.05, 4.69) is 66.6 Å². The smallest absolute Gasteiger partial charge is 0.157 e. The molecule has 1 aromatic carbocycles. The highest BCUT2D eigenvalue weighted by atomic mass is 15.2. The number of nitrogens with zero attached hydrogens (tertiary/aromatic N) is 4. The van der Waals surface area contributed by atoms with Crippen molar-refractivity contribution in [3.8, 4) is 6.07 Å². The van der Waals surface area contributed by atoms with Gasteiger partial charge in [0.05, 0.1) is 16.6 Å². The van der Waals surface area contributed by atoms with E-state index in [0.717, 1.165) is 60.7 Å². The van der Waals surface area contributed by atoms with E-state index >= 15 is 0 Å². The minimum absolute atomic E-state index is 0.676. The number of rotatable bonds is 7. The summed E-state index contributed by atoms with van der Waals surface area (Å²) in [6.07, 6.45) is 0.871. The number of likely N-dealkylation sites (N-methyl/N-ethyl adjacent to an activating group) is 1. The maximum absolute atomic E-state index is 9.79. The highest BCUT2D eigenvalue weighted by Gasteiger charge is 2.19. The maximum Gasteiger partial charge on any atom is 0.157 e. The third-order valence-corrected chi connectivity index (χ3v) is 5.45. The van der Waals surface area contributed by atoms with Crippen LogP contribution in [0.25, 0.3) is 16.7 Å². The largest absolute Gasteiger partial charge is 0.370 e. The molecular weight excluding hydrogens is 334 g/mol. The quantitative estimate of drug-likeness (QED) is 0.680. The summed E-state index contributed by atoms with van der Waals surface area (Å²) in [6.45, 7) is 14.6. The summed E-state index contributed by atoms with van der Waals surface area (Å²) in [6, 6.07) is 8.69. The lowest BCUT2D eigenvalue weighted by molar-refractivity contribution is 0.316. The number of benzene rings is 1. The number of anilines is 1. The fourth-order valence-electron chi connectivity index (χ4n) is 3.84. The topological polar surface area (TPSA) is 56.4 Å². The zero-order chi connectivity index (χ0) is 19.6. The van der Waals surface area contributed by atoms with Crippen LogP contribution in [-0.2, 0) is 6.42 Å². The van der Waals surface area contributed by atoms with Gasteiger partial charge in [0.2, 0.25) is 0 Å². The standard InChI is InChI=1S/C22H29N5/c1-6-17-16(5)18(14-23)22-25-19-13-15(4)9-10-20(19)27(22)21(17)24-11-12-26(7-2)8-3/h9-10,13,24H,6-8,11-12H2,1-5H3. The van der Waals surface area contributed by atoms with Gasteiger partial charge in [-0.25, -0.2) is 4.98 Å². The molecule has 0 bridgehead atoms. The van der Waals surface area contributed by atoms with Gasteiger partial charge in [0.25, 0.3) is 0 Å². The van der Waals surface area contributed by atoms with E-state index in [0.29, 0.717) is 5.56 Å². The summed E-state index contributed by atoms with van der Waals surface area (Å²) in [4.78, 5) is 7.21. The van der Waals surface area contributed by atoms with Crippen molar-refractivity contribution in [3.05, 3.63) is 40.5 Å². The molecule has 0 saturated carbocycles. The molecule has 0 amide bonds. The number of aryl methyl sites for hydroxylation is 1. The van der Waals surface area contributed by atoms with E-state index in [9.17, 15) is 5.26 Å². The predicted octanol–water partition coefficient (Wildman–Crippen LogP) is 4.29. The fraction of sp³-hybridized carbons (Fsp3) is 0.455. The van der Waals surface area contributed by atoms with Crippen LogP contribution in [0.2, 0.25) is 0 Å². The van der Waals surface area contributed by atoms with E-state index in [-0.39, 0.29) is 0 Å². The summed E-state index contributed by atoms with van der Waals surface area (Å²) in [7, 11) is 0. The fourth-order valence-corrected chi connectivity index (χ4v) is 3.84. The van der Waals surface area contributed by atoms with Gasteiger partial charge in [0, 0.05) is 13.1 Å². The molecule has 0 unspecified atom stereocenters. The van der Waals surface area contributed by atoms with Crippen LogP contribution >= 0.6 is 0 Å². The third-order valence-electron chi connectivity index (χ3n) is 5.45. The van der Waals surface area contributed by atoms with Gasteiger partial charge < -0.3 is 10.2 Å². The SMILES string of the molecule is CCc1c(C)c(C#N)c2nc3cc(C)ccc3n2c1NCCN(CC)CC. The number of aromatic nitrogens is 2. The van der Waals surface area contributed by atoms with Crippen LogP contribution in [0, 0.1) is 25.2 Å². The molecule has 2 heterocycles. The van der Waals surface area contributed by atoms with Gasteiger partial charge >= 0.3 is 0 Å². The van der Waals surface area contributed by atoms with Crippen LogP contribution in [0.15, 0.2) is 18.2 Å². The lowest BCUT2D eigenvalue weighted by atomic mass is 10.0. The molecule has 3 aromatic rings. The first-order chi connectivity index (χ1) is 13.0. The molecule has 2 aromatic heterocycles. The Balaban J connectivity index is 2.20. The number of fused-ring (bicyclic) bond motifs is 3. The van der Waals surface area contributed by atoms with Crippen LogP contribution in [0.4, 0.5) is 5.82 Å². The number of imidazole rings is 1. The molecule has 5 heteroatoms. The summed E-state index contributed by atoms with van der Waals surface area (Å²) in [5.74, 6) is 1.07. The van der Waals surface area contributed by atoms with Gasteiger partial charge in [-0.05, 0) is 62.2 Å². The molecular formula is C22H29N5. The number of hydrogen-bond acceptors (Lipinski definition) is 4. The van der Waals surface area contributed by atoms with Gasteiger partial charge in [-0.1, -0.05) is 26.8 Å². The van der Waals surface area contributed by atoms with E-state index in [1.54, 1.807) is 0 Å². The Morgan fingerprint density at radius 3 is 2.56 bits per heavy atom. The molecule has 0 spiro atoms. The second kappa shape index (κ2) is 7.98. The zero-order valence-corrected chi connectivity index (χ0v) is 17.1. The molecule has 142 valence electrons. The van der Waals surface area contributed by atoms with Crippen LogP contribution < -0.4 is 5.32 Å². The second-order valence-electron chi connectivity index (χ2n) is 7.01. The Morgan fingerprint density at radius 2 is 1.93 bits per heavy atom. The minimum Gasteiger partial charge on any atom is -0.370 e. The lowest BCUT2D eigenvalue weighted by Gasteiger charge is -2.21. The number of pyridine rings is 1. The molecule has 3 rings (SSSR count). The summed E-state index contributed by atoms with van der Waals surface area (Å²) >= 11 is 0. The van der Waals surface area contributed by atoms with Crippen molar-refractivity contribution in [2.24, 2.45) is 0 Å². The Bertz CT molecular complexity index is 1010. The molecule has 1 N–H and O–H groups in total. The van der Waals surface area contributed by atoms with Crippen molar-refractivity contribution in [3.63, 3.8) is 0 Å². The number of nitrogens with one attached hydrogen (secondary N) is 1. The monoisotopic (exact) mass is 363 g/mol. The predicted molar refractivity (Wildman–Crippen MR) is 113 cm³/mol. The van der Waals surface area contributed by atoms with E-state index in [4.69, 9.17) is 4.98 Å². The first-order valence-corrected chi connectivity index (χ1v) is 9.86. The average Bonchev–Trinajstić information content (AvgIpc) is 3.03. The summed E-state index contributed by atoms with van der Waals surface area (Å²) in [5, 5.41) is 13.5. The van der Waals surface area contributed by atoms with Crippen LogP contribution in [0.1, 0.15) is 43.0 Å². The van der Waals surface area contributed by atoms with Crippen molar-refractivity contribution in [1.29, 1.82) is 5.26 Å². The number of hydrogen-bond donors (Lipinski definition) is 1. The van der Waals surface area contributed by atoms with Gasteiger partial charge in [0.15, 0.2) is 5.65 Å². The van der Waals surface area contributed by atoms with Crippen molar-refractivity contribution in [2.75, 3.05) is 31.5 Å². The first-order valence-electron chi connectivity index (χ1n) is 9.86. The van der Waals surface area contributed by atoms with E-state index in [1.807, 2.05) is 6.92 Å². The second-order valence-corrected chi connectivity index (χ2v) is 7.01. The van der Waals surface area contributed by atoms with E-state index in [1.165, 1.54) is 11.1 Å². The normalized spacial score (nSPS) is 11.4. The van der Waals surface area contributed by atoms with Crippen molar-refractivity contribution in [1.82, 2.24) is 14.3 Å². The zero-order valence-electron chi connectivity index (χ0n) is 17.1. The number of nitriles is 1. The Labute approximate surface area is 161 Å². The molecule has 0 atom stereocenters. The maximum atomic E-state index is 9.79. The van der Waals surface area contributed by atoms with Gasteiger partial charge in [-0.15, -0.1) is 0 Å². The molecule has 0 fully saturated rings. The molecule has 0 aliphatic heterocycles. The van der Waals surface area contributed by atoms with Crippen LogP contribution in [0.3, 0.4) is 0 Å². The Hall–Kier alpha value is -2.58. The van der Waals surface area contributed by atoms with Crippen molar-refractivity contribution < 1.29 is 0 Å². The highest BCUT2D eigenvalue weighted by molar-refractivity contribution is 5.86. The lowest BCUT2D eigenvalue weighted by Crippen LogP contribution is -2.29. The summed E-state index contributed by atoms with van der Waals surface area (Å²) < 4.78 is 2.14. The highest BCUT2D eigenvalue weighted by Crippen LogP contribution is 2.31. The molecule has 0 radical (unpaired) electrons. The van der Waals surface area contributed by atoms with Gasteiger partial charge in [-0.2, -0.15) is 5.26 Å². The first kappa shape index (κ1) is 19.2. The third kappa shape index (κ3) is 3.38. The minimum atomic E-state index is 0.676. The van der Waals surface area contributed by atoms with Crippen LogP contribution in [0.5, 0.6) is 0 Å². The van der Waals surface area contributed by atoms with Crippen molar-refractivity contribution in [2.45, 2.75) is 41.0 Å². The van der Waals surface area contributed by atoms with Crippen molar-refractivity contribution >= 4 is 22.5 Å². The molecule has 0 aliphatic carbocycles. The molecule has 0 saturated heterocycles. The van der Waals surface area contributed by atoms with Gasteiger partial charge in [0.1, 0.15) is 11.9 Å². The van der Waals surface area contributed by atoms with E-state index < -0.39 is 0 Å². The summed E-state index contributed by atoms with van der Waals surface area (Å²) in [5.41, 5.74) is 6.81. The molecule has 5 nitrogen and oxygen atoms in total. The van der Waals surface area contributed by atoms with Gasteiger partial charge in [-0.3, -0.25) is 4.40 Å². The Kier molecular flexibility index (Phi) is 5.67.